The lowest BCUT2D eigenvalue weighted by Gasteiger charge is -2.26. The van der Waals surface area contributed by atoms with Crippen molar-refractivity contribution in [3.8, 4) is 11.5 Å². The molecule has 0 spiro atoms. The number of hydrogen-bond donors (Lipinski definition) is 1. The van der Waals surface area contributed by atoms with Gasteiger partial charge in [0, 0.05) is 26.2 Å². The molecule has 4 rings (SSSR count). The van der Waals surface area contributed by atoms with Crippen LogP contribution in [0.2, 0.25) is 0 Å². The summed E-state index contributed by atoms with van der Waals surface area (Å²) in [5.74, 6) is 0.737. The second-order valence-corrected chi connectivity index (χ2v) is 10.6. The molecule has 1 atom stereocenters. The zero-order valence-corrected chi connectivity index (χ0v) is 20.1. The lowest BCUT2D eigenvalue weighted by molar-refractivity contribution is 0.0669. The molecule has 1 N–H and O–H groups in total. The van der Waals surface area contributed by atoms with Crippen molar-refractivity contribution in [2.75, 3.05) is 46.6 Å². The highest BCUT2D eigenvalue weighted by Gasteiger charge is 2.31. The largest absolute Gasteiger partial charge is 0.493 e. The molecule has 0 radical (unpaired) electrons. The zero-order valence-electron chi connectivity index (χ0n) is 18.4. The molecule has 9 nitrogen and oxygen atoms in total. The summed E-state index contributed by atoms with van der Waals surface area (Å²) in [4.78, 5) is 13.0. The number of thiophene rings is 1. The molecule has 1 unspecified atom stereocenters. The Labute approximate surface area is 197 Å². The highest BCUT2D eigenvalue weighted by Crippen LogP contribution is 2.29. The number of rotatable bonds is 9. The molecule has 0 aliphatic carbocycles. The van der Waals surface area contributed by atoms with Crippen LogP contribution in [0.25, 0.3) is 0 Å². The van der Waals surface area contributed by atoms with Gasteiger partial charge in [0.2, 0.25) is 10.0 Å². The third-order valence-electron chi connectivity index (χ3n) is 5.55. The number of amides is 1. The van der Waals surface area contributed by atoms with E-state index >= 15 is 0 Å². The summed E-state index contributed by atoms with van der Waals surface area (Å²) in [6, 6.07) is 6.92. The molecule has 180 valence electrons. The fourth-order valence-corrected chi connectivity index (χ4v) is 6.48. The van der Waals surface area contributed by atoms with E-state index in [-0.39, 0.29) is 35.5 Å². The molecular weight excluding hydrogens is 468 g/mol. The molecule has 0 bridgehead atoms. The lowest BCUT2D eigenvalue weighted by atomic mass is 10.2. The van der Waals surface area contributed by atoms with Crippen molar-refractivity contribution in [1.29, 1.82) is 0 Å². The van der Waals surface area contributed by atoms with Gasteiger partial charge in [-0.2, -0.15) is 4.31 Å². The zero-order chi connectivity index (χ0) is 23.3. The number of ether oxygens (including phenoxy) is 4. The van der Waals surface area contributed by atoms with Crippen molar-refractivity contribution in [3.63, 3.8) is 0 Å². The number of benzene rings is 1. The summed E-state index contributed by atoms with van der Waals surface area (Å²) in [5.41, 5.74) is 0.804. The van der Waals surface area contributed by atoms with Crippen molar-refractivity contribution in [3.05, 3.63) is 40.1 Å². The molecule has 2 saturated heterocycles. The Morgan fingerprint density at radius 3 is 2.76 bits per heavy atom. The highest BCUT2D eigenvalue weighted by atomic mass is 32.2. The van der Waals surface area contributed by atoms with Gasteiger partial charge in [-0.25, -0.2) is 8.42 Å². The van der Waals surface area contributed by atoms with E-state index < -0.39 is 15.9 Å². The second kappa shape index (κ2) is 10.8. The van der Waals surface area contributed by atoms with Crippen molar-refractivity contribution >= 4 is 27.3 Å². The van der Waals surface area contributed by atoms with Crippen molar-refractivity contribution in [2.24, 2.45) is 0 Å². The van der Waals surface area contributed by atoms with Crippen molar-refractivity contribution < 1.29 is 32.2 Å². The van der Waals surface area contributed by atoms with Crippen LogP contribution in [0.5, 0.6) is 11.5 Å². The van der Waals surface area contributed by atoms with E-state index in [0.29, 0.717) is 31.3 Å². The Hall–Kier alpha value is -2.18. The number of methoxy groups -OCH3 is 1. The number of sulfonamides is 1. The van der Waals surface area contributed by atoms with Gasteiger partial charge in [0.15, 0.2) is 11.5 Å². The van der Waals surface area contributed by atoms with Gasteiger partial charge >= 0.3 is 0 Å². The van der Waals surface area contributed by atoms with Gasteiger partial charge in [-0.15, -0.1) is 11.3 Å². The Kier molecular flexibility index (Phi) is 7.86. The van der Waals surface area contributed by atoms with Crippen LogP contribution in [0.3, 0.4) is 0 Å². The van der Waals surface area contributed by atoms with Gasteiger partial charge in [-0.05, 0) is 42.0 Å². The smallest absolute Gasteiger partial charge is 0.263 e. The highest BCUT2D eigenvalue weighted by molar-refractivity contribution is 7.89. The third-order valence-corrected chi connectivity index (χ3v) is 8.54. The number of carbonyl (C=O) groups excluding carboxylic acids is 1. The normalized spacial score (nSPS) is 19.4. The topological polar surface area (TPSA) is 103 Å². The summed E-state index contributed by atoms with van der Waals surface area (Å²) >= 11 is 1.11. The predicted molar refractivity (Wildman–Crippen MR) is 123 cm³/mol. The van der Waals surface area contributed by atoms with Crippen LogP contribution in [0, 0.1) is 0 Å². The van der Waals surface area contributed by atoms with Gasteiger partial charge < -0.3 is 24.3 Å². The molecule has 1 aromatic heterocycles. The molecule has 2 aliphatic heterocycles. The summed E-state index contributed by atoms with van der Waals surface area (Å²) in [5, 5.41) is 4.43. The maximum atomic E-state index is 13.0. The number of carbonyl (C=O) groups is 1. The van der Waals surface area contributed by atoms with Gasteiger partial charge in [-0.3, -0.25) is 4.79 Å². The molecule has 1 aromatic carbocycles. The molecule has 2 fully saturated rings. The van der Waals surface area contributed by atoms with Crippen molar-refractivity contribution in [2.45, 2.75) is 30.4 Å². The first-order chi connectivity index (χ1) is 16.0. The maximum Gasteiger partial charge on any atom is 0.263 e. The van der Waals surface area contributed by atoms with E-state index in [1.165, 1.54) is 10.4 Å². The Bertz CT molecular complexity index is 1060. The predicted octanol–water partition coefficient (Wildman–Crippen LogP) is 2.27. The van der Waals surface area contributed by atoms with Crippen LogP contribution in [-0.4, -0.2) is 71.4 Å². The lowest BCUT2D eigenvalue weighted by Crippen LogP contribution is -2.41. The van der Waals surface area contributed by atoms with E-state index in [9.17, 15) is 13.2 Å². The Morgan fingerprint density at radius 2 is 2.03 bits per heavy atom. The van der Waals surface area contributed by atoms with Crippen LogP contribution in [0.1, 0.15) is 28.1 Å². The van der Waals surface area contributed by atoms with Crippen molar-refractivity contribution in [1.82, 2.24) is 9.62 Å². The third kappa shape index (κ3) is 5.67. The average Bonchev–Trinajstić information content (AvgIpc) is 3.54. The molecule has 33 heavy (non-hydrogen) atoms. The van der Waals surface area contributed by atoms with E-state index in [2.05, 4.69) is 5.32 Å². The van der Waals surface area contributed by atoms with E-state index in [0.717, 1.165) is 36.3 Å². The van der Waals surface area contributed by atoms with Crippen LogP contribution in [-0.2, 0) is 26.0 Å². The van der Waals surface area contributed by atoms with E-state index in [1.54, 1.807) is 24.6 Å². The van der Waals surface area contributed by atoms with Crippen LogP contribution in [0.15, 0.2) is 34.5 Å². The van der Waals surface area contributed by atoms with Crippen LogP contribution >= 0.6 is 11.3 Å². The summed E-state index contributed by atoms with van der Waals surface area (Å²) in [7, 11) is -2.19. The monoisotopic (exact) mass is 496 g/mol. The quantitative estimate of drug-likeness (QED) is 0.568. The Balaban J connectivity index is 1.39. The first kappa shape index (κ1) is 24.0. The van der Waals surface area contributed by atoms with Crippen LogP contribution in [0.4, 0.5) is 0 Å². The number of hydrogen-bond acceptors (Lipinski definition) is 8. The summed E-state index contributed by atoms with van der Waals surface area (Å²) in [6.07, 6.45) is 2.13. The molecule has 3 heterocycles. The minimum Gasteiger partial charge on any atom is -0.493 e. The van der Waals surface area contributed by atoms with Gasteiger partial charge in [0.05, 0.1) is 26.4 Å². The molecular formula is C22H28N2O7S2. The van der Waals surface area contributed by atoms with E-state index in [1.807, 2.05) is 6.07 Å². The molecule has 1 amide bonds. The standard InChI is InChI=1S/C22H28N2O7S2/c1-28-19-13-16(4-5-18(19)31-15-17-3-2-9-30-17)14-23-22(25)21-20(6-12-32-21)33(26,27)24-7-10-29-11-8-24/h4-6,12-13,17H,2-3,7-11,14-15H2,1H3,(H,23,25). The van der Waals surface area contributed by atoms with Gasteiger partial charge in [0.1, 0.15) is 16.4 Å². The molecule has 11 heteroatoms. The first-order valence-electron chi connectivity index (χ1n) is 10.8. The molecule has 2 aromatic rings. The second-order valence-electron chi connectivity index (χ2n) is 7.74. The number of nitrogens with zero attached hydrogens (tertiary/aromatic N) is 1. The fraction of sp³-hybridized carbons (Fsp3) is 0.500. The SMILES string of the molecule is COc1cc(CNC(=O)c2sccc2S(=O)(=O)N2CCOCC2)ccc1OCC1CCCO1. The van der Waals surface area contributed by atoms with Crippen LogP contribution < -0.4 is 14.8 Å². The Morgan fingerprint density at radius 1 is 1.21 bits per heavy atom. The molecule has 2 aliphatic rings. The van der Waals surface area contributed by atoms with Gasteiger partial charge in [0.25, 0.3) is 5.91 Å². The fourth-order valence-electron chi connectivity index (χ4n) is 3.75. The minimum absolute atomic E-state index is 0.0300. The minimum atomic E-state index is -3.75. The summed E-state index contributed by atoms with van der Waals surface area (Å²) in [6.45, 7) is 2.70. The van der Waals surface area contributed by atoms with E-state index in [4.69, 9.17) is 18.9 Å². The number of nitrogens with one attached hydrogen (secondary N) is 1. The first-order valence-corrected chi connectivity index (χ1v) is 13.2. The average molecular weight is 497 g/mol. The number of morpholine rings is 1. The summed E-state index contributed by atoms with van der Waals surface area (Å²) < 4.78 is 49.4. The maximum absolute atomic E-state index is 13.0. The van der Waals surface area contributed by atoms with Gasteiger partial charge in [-0.1, -0.05) is 6.07 Å². The molecule has 0 saturated carbocycles.